The topological polar surface area (TPSA) is 111 Å². The van der Waals surface area contributed by atoms with Gasteiger partial charge in [0.1, 0.15) is 30.9 Å². The van der Waals surface area contributed by atoms with E-state index in [1.807, 2.05) is 0 Å². The maximum absolute atomic E-state index is 15.0. The van der Waals surface area contributed by atoms with Gasteiger partial charge in [-0.25, -0.2) is 26.9 Å². The van der Waals surface area contributed by atoms with Crippen molar-refractivity contribution in [1.29, 1.82) is 0 Å². The van der Waals surface area contributed by atoms with Gasteiger partial charge in [-0.15, -0.1) is 0 Å². The second-order valence-corrected chi connectivity index (χ2v) is 7.90. The normalized spacial score (nSPS) is 14.5. The van der Waals surface area contributed by atoms with E-state index in [4.69, 9.17) is 0 Å². The van der Waals surface area contributed by atoms with Crippen molar-refractivity contribution in [3.63, 3.8) is 0 Å². The van der Waals surface area contributed by atoms with Gasteiger partial charge in [-0.3, -0.25) is 4.79 Å². The van der Waals surface area contributed by atoms with Crippen molar-refractivity contribution in [3.05, 3.63) is 48.1 Å². The monoisotopic (exact) mass is 425 g/mol. The lowest BCUT2D eigenvalue weighted by atomic mass is 9.93. The van der Waals surface area contributed by atoms with E-state index < -0.39 is 62.8 Å². The van der Waals surface area contributed by atoms with Gasteiger partial charge in [-0.1, -0.05) is 0 Å². The number of ether oxygens (including phenoxy) is 1. The van der Waals surface area contributed by atoms with Gasteiger partial charge in [0, 0.05) is 18.6 Å². The fraction of sp³-hybridized carbons (Fsp3) is 0.400. The van der Waals surface area contributed by atoms with Crippen molar-refractivity contribution in [3.8, 4) is 0 Å². The van der Waals surface area contributed by atoms with E-state index in [1.54, 1.807) is 0 Å². The van der Waals surface area contributed by atoms with Crippen molar-refractivity contribution >= 4 is 15.8 Å². The first-order valence-corrected chi connectivity index (χ1v) is 9.30. The molecule has 1 N–H and O–H groups in total. The molecule has 0 aliphatic heterocycles. The summed E-state index contributed by atoms with van der Waals surface area (Å²) in [6.07, 6.45) is 1.82. The molecule has 0 aliphatic rings. The Morgan fingerprint density at radius 2 is 2.00 bits per heavy atom. The summed E-state index contributed by atoms with van der Waals surface area (Å²) in [4.78, 5) is 14.2. The number of rotatable bonds is 8. The SMILES string of the molecule is CC(=O)OCCS(=O)(=O)C(F)(F)C(O)(Cn1cncn1)c1ccc(F)cc1F. The number of esters is 1. The minimum Gasteiger partial charge on any atom is -0.465 e. The number of benzene rings is 1. The Labute approximate surface area is 156 Å². The minimum absolute atomic E-state index is 0.225. The first kappa shape index (κ1) is 21.8. The predicted molar refractivity (Wildman–Crippen MR) is 85.6 cm³/mol. The number of hydrogen-bond donors (Lipinski definition) is 1. The average molecular weight is 425 g/mol. The highest BCUT2D eigenvalue weighted by Crippen LogP contribution is 2.44. The third-order valence-electron chi connectivity index (χ3n) is 3.76. The molecule has 0 fully saturated rings. The van der Waals surface area contributed by atoms with E-state index in [0.29, 0.717) is 16.8 Å². The van der Waals surface area contributed by atoms with E-state index in [0.717, 1.165) is 19.6 Å². The van der Waals surface area contributed by atoms with Gasteiger partial charge < -0.3 is 9.84 Å². The molecular weight excluding hydrogens is 410 g/mol. The molecule has 1 atom stereocenters. The number of hydrogen-bond acceptors (Lipinski definition) is 7. The van der Waals surface area contributed by atoms with Crippen molar-refractivity contribution < 1.29 is 40.6 Å². The molecule has 0 aliphatic carbocycles. The molecule has 1 unspecified atom stereocenters. The van der Waals surface area contributed by atoms with Gasteiger partial charge in [-0.2, -0.15) is 13.9 Å². The molecule has 2 rings (SSSR count). The van der Waals surface area contributed by atoms with Crippen LogP contribution in [0.5, 0.6) is 0 Å². The Hall–Kier alpha value is -2.54. The Kier molecular flexibility index (Phi) is 6.09. The first-order valence-electron chi connectivity index (χ1n) is 7.64. The lowest BCUT2D eigenvalue weighted by molar-refractivity contribution is -0.145. The van der Waals surface area contributed by atoms with Crippen LogP contribution in [0.15, 0.2) is 30.9 Å². The molecule has 13 heteroatoms. The maximum Gasteiger partial charge on any atom is 0.379 e. The highest BCUT2D eigenvalue weighted by molar-refractivity contribution is 7.92. The predicted octanol–water partition coefficient (Wildman–Crippen LogP) is 1.01. The summed E-state index contributed by atoms with van der Waals surface area (Å²) in [6, 6.07) is 1.33. The number of sulfone groups is 1. The van der Waals surface area contributed by atoms with Crippen molar-refractivity contribution in [2.45, 2.75) is 24.3 Å². The van der Waals surface area contributed by atoms with Crippen LogP contribution >= 0.6 is 0 Å². The highest BCUT2D eigenvalue weighted by atomic mass is 32.2. The third-order valence-corrected chi connectivity index (χ3v) is 5.59. The van der Waals surface area contributed by atoms with Crippen LogP contribution in [0.4, 0.5) is 17.6 Å². The molecule has 0 spiro atoms. The molecule has 28 heavy (non-hydrogen) atoms. The van der Waals surface area contributed by atoms with Crippen LogP contribution in [0.25, 0.3) is 0 Å². The average Bonchev–Trinajstić information content (AvgIpc) is 3.06. The van der Waals surface area contributed by atoms with Crippen molar-refractivity contribution in [2.75, 3.05) is 12.4 Å². The van der Waals surface area contributed by atoms with Crippen LogP contribution in [0.2, 0.25) is 0 Å². The standard InChI is InChI=1S/C15H15F4N3O5S/c1-10(23)27-4-5-28(25,26)15(18,19)14(24,7-22-9-20-8-21-22)12-3-2-11(16)6-13(12)17/h2-3,6,8-9,24H,4-5,7H2,1H3. The molecule has 0 saturated heterocycles. The molecule has 0 bridgehead atoms. The molecule has 1 aromatic carbocycles. The van der Waals surface area contributed by atoms with Crippen LogP contribution in [-0.2, 0) is 31.5 Å². The largest absolute Gasteiger partial charge is 0.465 e. The van der Waals surface area contributed by atoms with Crippen molar-refractivity contribution in [2.24, 2.45) is 0 Å². The van der Waals surface area contributed by atoms with E-state index in [9.17, 15) is 27.1 Å². The molecule has 1 aromatic heterocycles. The minimum atomic E-state index is -5.47. The highest BCUT2D eigenvalue weighted by Gasteiger charge is 2.64. The quantitative estimate of drug-likeness (QED) is 0.496. The fourth-order valence-electron chi connectivity index (χ4n) is 2.39. The lowest BCUT2D eigenvalue weighted by Gasteiger charge is -2.35. The van der Waals surface area contributed by atoms with Crippen LogP contribution in [0, 0.1) is 11.6 Å². The molecule has 2 aromatic rings. The van der Waals surface area contributed by atoms with Gasteiger partial charge in [0.05, 0.1) is 12.3 Å². The van der Waals surface area contributed by atoms with Gasteiger partial charge in [0.15, 0.2) is 5.60 Å². The Balaban J connectivity index is 2.54. The number of aromatic nitrogens is 3. The first-order chi connectivity index (χ1) is 12.9. The molecule has 1 heterocycles. The zero-order chi connectivity index (χ0) is 21.2. The maximum atomic E-state index is 15.0. The molecule has 154 valence electrons. The summed E-state index contributed by atoms with van der Waals surface area (Å²) in [5, 5.41) is 9.25. The number of halogens is 4. The molecule has 0 radical (unpaired) electrons. The van der Waals surface area contributed by atoms with Gasteiger partial charge in [-0.05, 0) is 12.1 Å². The Bertz CT molecular complexity index is 953. The smallest absolute Gasteiger partial charge is 0.379 e. The molecular formula is C15H15F4N3O5S. The number of alkyl halides is 2. The zero-order valence-electron chi connectivity index (χ0n) is 14.4. The van der Waals surface area contributed by atoms with E-state index in [2.05, 4.69) is 14.8 Å². The number of nitrogens with zero attached hydrogens (tertiary/aromatic N) is 3. The van der Waals surface area contributed by atoms with Crippen LogP contribution < -0.4 is 0 Å². The van der Waals surface area contributed by atoms with Gasteiger partial charge in [0.2, 0.25) is 9.84 Å². The van der Waals surface area contributed by atoms with Gasteiger partial charge >= 0.3 is 11.2 Å². The van der Waals surface area contributed by atoms with Crippen molar-refractivity contribution in [1.82, 2.24) is 14.8 Å². The molecule has 0 saturated carbocycles. The Morgan fingerprint density at radius 3 is 2.54 bits per heavy atom. The van der Waals surface area contributed by atoms with Gasteiger partial charge in [0.25, 0.3) is 0 Å². The number of aliphatic hydroxyl groups is 1. The second kappa shape index (κ2) is 7.83. The van der Waals surface area contributed by atoms with Crippen LogP contribution in [-0.4, -0.2) is 51.9 Å². The Morgan fingerprint density at radius 1 is 1.32 bits per heavy atom. The summed E-state index contributed by atoms with van der Waals surface area (Å²) in [5.41, 5.74) is -4.83. The third kappa shape index (κ3) is 4.14. The second-order valence-electron chi connectivity index (χ2n) is 5.75. The summed E-state index contributed by atoms with van der Waals surface area (Å²) in [7, 11) is -5.47. The zero-order valence-corrected chi connectivity index (χ0v) is 15.2. The summed E-state index contributed by atoms with van der Waals surface area (Å²) >= 11 is 0. The summed E-state index contributed by atoms with van der Waals surface area (Å²) in [6.45, 7) is -1.17. The van der Waals surface area contributed by atoms with Crippen LogP contribution in [0.3, 0.4) is 0 Å². The summed E-state index contributed by atoms with van der Waals surface area (Å²) < 4.78 is 86.9. The molecule has 0 amide bonds. The van der Waals surface area contributed by atoms with E-state index in [-0.39, 0.29) is 6.07 Å². The number of carbonyl (C=O) groups is 1. The van der Waals surface area contributed by atoms with Crippen LogP contribution in [0.1, 0.15) is 12.5 Å². The number of carbonyl (C=O) groups excluding carboxylic acids is 1. The molecule has 8 nitrogen and oxygen atoms in total. The van der Waals surface area contributed by atoms with E-state index >= 15 is 8.78 Å². The van der Waals surface area contributed by atoms with E-state index in [1.165, 1.54) is 0 Å². The fourth-order valence-corrected chi connectivity index (χ4v) is 3.64. The summed E-state index contributed by atoms with van der Waals surface area (Å²) in [5.74, 6) is -4.95. The lowest BCUT2D eigenvalue weighted by Crippen LogP contribution is -2.54.